The molecule has 0 aliphatic carbocycles. The van der Waals surface area contributed by atoms with Crippen LogP contribution in [0, 0.1) is 0 Å². The number of rotatable bonds is 8. The summed E-state index contributed by atoms with van der Waals surface area (Å²) >= 11 is 0. The summed E-state index contributed by atoms with van der Waals surface area (Å²) in [4.78, 5) is 49.5. The van der Waals surface area contributed by atoms with Gasteiger partial charge in [-0.3, -0.25) is 14.4 Å². The Labute approximate surface area is 179 Å². The van der Waals surface area contributed by atoms with Crippen molar-refractivity contribution in [3.8, 4) is 0 Å². The number of hydrogen-bond donors (Lipinski definition) is 1. The Morgan fingerprint density at radius 1 is 1.10 bits per heavy atom. The van der Waals surface area contributed by atoms with Crippen LogP contribution in [-0.4, -0.2) is 73.2 Å². The van der Waals surface area contributed by atoms with Crippen molar-refractivity contribution >= 4 is 23.8 Å². The zero-order valence-electron chi connectivity index (χ0n) is 18.3. The molecule has 5 atom stereocenters. The molecule has 1 amide bonds. The largest absolute Gasteiger partial charge is 0.463 e. The van der Waals surface area contributed by atoms with Gasteiger partial charge in [0.2, 0.25) is 5.91 Å². The Morgan fingerprint density at radius 2 is 1.74 bits per heavy atom. The summed E-state index contributed by atoms with van der Waals surface area (Å²) < 4.78 is 26.8. The smallest absolute Gasteiger partial charge is 0.332 e. The third-order valence-electron chi connectivity index (χ3n) is 3.77. The lowest BCUT2D eigenvalue weighted by atomic mass is 9.95. The van der Waals surface area contributed by atoms with Gasteiger partial charge in [-0.2, -0.15) is 0 Å². The van der Waals surface area contributed by atoms with Crippen molar-refractivity contribution in [2.75, 3.05) is 13.2 Å². The molecule has 0 aromatic carbocycles. The summed E-state index contributed by atoms with van der Waals surface area (Å²) in [7, 11) is 0. The lowest BCUT2D eigenvalue weighted by Crippen LogP contribution is -2.65. The molecular weight excluding hydrogens is 416 g/mol. The standard InChI is InChI=1S/C18H28N4O9/c1-9(23)20-14-16(29-11(3)25)15(28-8-13(26)31-18(4,5)6)12(7-27-10(2)24)30-17(14)21-22-19/h12,14-17H,7-8H2,1-6H3,(H,20,23)/t12?,14?,15-,16-,17+/m0/s1. The monoisotopic (exact) mass is 444 g/mol. The summed E-state index contributed by atoms with van der Waals surface area (Å²) in [6.45, 7) is 7.66. The van der Waals surface area contributed by atoms with Gasteiger partial charge in [0.25, 0.3) is 0 Å². The molecule has 0 bridgehead atoms. The van der Waals surface area contributed by atoms with Gasteiger partial charge in [0.1, 0.15) is 37.1 Å². The summed E-state index contributed by atoms with van der Waals surface area (Å²) in [5.41, 5.74) is 8.11. The van der Waals surface area contributed by atoms with E-state index in [0.29, 0.717) is 0 Å². The maximum absolute atomic E-state index is 12.1. The Bertz CT molecular complexity index is 730. The van der Waals surface area contributed by atoms with Crippen molar-refractivity contribution in [2.45, 2.75) is 77.7 Å². The predicted octanol–water partition coefficient (Wildman–Crippen LogP) is 0.748. The van der Waals surface area contributed by atoms with E-state index in [2.05, 4.69) is 15.3 Å². The number of carbonyl (C=O) groups excluding carboxylic acids is 4. The molecule has 1 heterocycles. The molecule has 1 saturated heterocycles. The Morgan fingerprint density at radius 3 is 2.23 bits per heavy atom. The van der Waals surface area contributed by atoms with Gasteiger partial charge in [0, 0.05) is 25.7 Å². The van der Waals surface area contributed by atoms with E-state index in [1.54, 1.807) is 20.8 Å². The van der Waals surface area contributed by atoms with Gasteiger partial charge in [-0.05, 0) is 26.3 Å². The molecule has 174 valence electrons. The predicted molar refractivity (Wildman–Crippen MR) is 103 cm³/mol. The normalized spacial score (nSPS) is 25.5. The lowest BCUT2D eigenvalue weighted by molar-refractivity contribution is -0.226. The van der Waals surface area contributed by atoms with E-state index in [1.807, 2.05) is 0 Å². The molecule has 31 heavy (non-hydrogen) atoms. The lowest BCUT2D eigenvalue weighted by Gasteiger charge is -2.44. The minimum absolute atomic E-state index is 0.351. The van der Waals surface area contributed by atoms with E-state index in [1.165, 1.54) is 13.8 Å². The molecule has 0 aromatic rings. The van der Waals surface area contributed by atoms with Crippen molar-refractivity contribution in [3.63, 3.8) is 0 Å². The van der Waals surface area contributed by atoms with Gasteiger partial charge in [-0.25, -0.2) is 4.79 Å². The van der Waals surface area contributed by atoms with Crippen LogP contribution < -0.4 is 5.32 Å². The maximum atomic E-state index is 12.1. The zero-order chi connectivity index (χ0) is 23.8. The van der Waals surface area contributed by atoms with E-state index in [4.69, 9.17) is 29.2 Å². The van der Waals surface area contributed by atoms with Gasteiger partial charge < -0.3 is 29.0 Å². The van der Waals surface area contributed by atoms with Gasteiger partial charge in [-0.1, -0.05) is 5.11 Å². The second-order valence-electron chi connectivity index (χ2n) is 7.74. The fourth-order valence-electron chi connectivity index (χ4n) is 2.86. The van der Waals surface area contributed by atoms with Crippen LogP contribution in [0.3, 0.4) is 0 Å². The first-order valence-corrected chi connectivity index (χ1v) is 9.45. The SMILES string of the molecule is CC(=O)NC1[C@H](N=[N+]=[N-])OC(COC(C)=O)[C@H](OCC(=O)OC(C)(C)C)[C@H]1OC(C)=O. The zero-order valence-corrected chi connectivity index (χ0v) is 18.3. The quantitative estimate of drug-likeness (QED) is 0.186. The molecule has 1 rings (SSSR count). The van der Waals surface area contributed by atoms with Crippen LogP contribution in [0.2, 0.25) is 0 Å². The molecule has 1 aliphatic heterocycles. The van der Waals surface area contributed by atoms with Crippen LogP contribution >= 0.6 is 0 Å². The highest BCUT2D eigenvalue weighted by Gasteiger charge is 2.49. The van der Waals surface area contributed by atoms with E-state index in [9.17, 15) is 19.2 Å². The van der Waals surface area contributed by atoms with Gasteiger partial charge in [-0.15, -0.1) is 0 Å². The van der Waals surface area contributed by atoms with Crippen molar-refractivity contribution in [1.82, 2.24) is 5.32 Å². The summed E-state index contributed by atoms with van der Waals surface area (Å²) in [6, 6.07) is -1.13. The molecule has 1 fully saturated rings. The third kappa shape index (κ3) is 9.20. The van der Waals surface area contributed by atoms with E-state index in [0.717, 1.165) is 6.92 Å². The molecule has 0 radical (unpaired) electrons. The molecule has 0 aromatic heterocycles. The fourth-order valence-corrected chi connectivity index (χ4v) is 2.86. The first-order valence-electron chi connectivity index (χ1n) is 9.45. The van der Waals surface area contributed by atoms with Gasteiger partial charge in [0.05, 0.1) is 0 Å². The van der Waals surface area contributed by atoms with E-state index >= 15 is 0 Å². The molecule has 1 aliphatic rings. The van der Waals surface area contributed by atoms with Crippen molar-refractivity contribution in [1.29, 1.82) is 0 Å². The number of azide groups is 1. The van der Waals surface area contributed by atoms with Crippen molar-refractivity contribution in [2.24, 2.45) is 5.11 Å². The van der Waals surface area contributed by atoms with Crippen LogP contribution in [0.4, 0.5) is 0 Å². The first-order chi connectivity index (χ1) is 14.3. The summed E-state index contributed by atoms with van der Waals surface area (Å²) in [5, 5.41) is 6.00. The topological polar surface area (TPSA) is 175 Å². The Hall–Kier alpha value is -2.89. The Balaban J connectivity index is 3.24. The van der Waals surface area contributed by atoms with E-state index < -0.39 is 66.6 Å². The molecule has 1 N–H and O–H groups in total. The number of nitrogens with one attached hydrogen (secondary N) is 1. The first kappa shape index (κ1) is 26.1. The van der Waals surface area contributed by atoms with Crippen LogP contribution in [0.25, 0.3) is 10.4 Å². The molecular formula is C18H28N4O9. The summed E-state index contributed by atoms with van der Waals surface area (Å²) in [5.74, 6) is -2.57. The highest BCUT2D eigenvalue weighted by molar-refractivity contribution is 5.73. The van der Waals surface area contributed by atoms with Crippen LogP contribution in [0.5, 0.6) is 0 Å². The average molecular weight is 444 g/mol. The number of ether oxygens (including phenoxy) is 5. The number of hydrogen-bond acceptors (Lipinski definition) is 10. The van der Waals surface area contributed by atoms with E-state index in [-0.39, 0.29) is 6.61 Å². The second-order valence-corrected chi connectivity index (χ2v) is 7.74. The average Bonchev–Trinajstić information content (AvgIpc) is 2.59. The molecule has 0 spiro atoms. The number of esters is 3. The second kappa shape index (κ2) is 11.5. The number of amides is 1. The van der Waals surface area contributed by atoms with Crippen LogP contribution in [-0.2, 0) is 42.9 Å². The maximum Gasteiger partial charge on any atom is 0.332 e. The van der Waals surface area contributed by atoms with Crippen molar-refractivity contribution < 1.29 is 42.9 Å². The van der Waals surface area contributed by atoms with Crippen molar-refractivity contribution in [3.05, 3.63) is 10.4 Å². The van der Waals surface area contributed by atoms with Gasteiger partial charge >= 0.3 is 17.9 Å². The fraction of sp³-hybridized carbons (Fsp3) is 0.778. The number of carbonyl (C=O) groups is 4. The molecule has 0 saturated carbocycles. The summed E-state index contributed by atoms with van der Waals surface area (Å²) in [6.07, 6.45) is -4.79. The van der Waals surface area contributed by atoms with Crippen LogP contribution in [0.15, 0.2) is 5.11 Å². The molecule has 13 nitrogen and oxygen atoms in total. The highest BCUT2D eigenvalue weighted by Crippen LogP contribution is 2.28. The molecule has 2 unspecified atom stereocenters. The minimum Gasteiger partial charge on any atom is -0.463 e. The number of nitrogens with zero attached hydrogens (tertiary/aromatic N) is 3. The minimum atomic E-state index is -1.31. The van der Waals surface area contributed by atoms with Gasteiger partial charge in [0.15, 0.2) is 12.3 Å². The molecule has 13 heteroatoms. The highest BCUT2D eigenvalue weighted by atomic mass is 16.6. The third-order valence-corrected chi connectivity index (χ3v) is 3.77. The Kier molecular flexibility index (Phi) is 9.69. The van der Waals surface area contributed by atoms with Crippen LogP contribution in [0.1, 0.15) is 41.5 Å².